The number of hydrogen-bond donors (Lipinski definition) is 0. The minimum absolute atomic E-state index is 1.02. The largest absolute Gasteiger partial charge is 0.295 e. The molecule has 3 aromatic rings. The summed E-state index contributed by atoms with van der Waals surface area (Å²) in [6, 6.07) is 15.1. The molecule has 0 radical (unpaired) electrons. The molecular formula is C20H20N2. The predicted molar refractivity (Wildman–Crippen MR) is 98.1 cm³/mol. The zero-order valence-electron chi connectivity index (χ0n) is 13.3. The lowest BCUT2D eigenvalue weighted by molar-refractivity contribution is 1.16. The van der Waals surface area contributed by atoms with Gasteiger partial charge in [0.2, 0.25) is 0 Å². The highest BCUT2D eigenvalue weighted by atomic mass is 14.7. The lowest BCUT2D eigenvalue weighted by Gasteiger charge is -2.14. The molecule has 0 aliphatic rings. The minimum Gasteiger partial charge on any atom is -0.295 e. The quantitative estimate of drug-likeness (QED) is 0.463. The molecule has 0 fully saturated rings. The van der Waals surface area contributed by atoms with Crippen LogP contribution < -0.4 is 0 Å². The first-order chi connectivity index (χ1) is 10.8. The van der Waals surface area contributed by atoms with Crippen LogP contribution in [0.4, 0.5) is 5.69 Å². The first-order valence-electron chi connectivity index (χ1n) is 7.65. The van der Waals surface area contributed by atoms with Gasteiger partial charge < -0.3 is 0 Å². The van der Waals surface area contributed by atoms with E-state index in [4.69, 9.17) is 0 Å². The average molecular weight is 288 g/mol. The molecule has 0 unspecified atom stereocenters. The number of hydrogen-bond acceptors (Lipinski definition) is 2. The van der Waals surface area contributed by atoms with E-state index in [1.807, 2.05) is 0 Å². The first-order valence-corrected chi connectivity index (χ1v) is 7.65. The van der Waals surface area contributed by atoms with E-state index in [1.54, 1.807) is 19.5 Å². The maximum Gasteiger partial charge on any atom is 0.0744 e. The van der Waals surface area contributed by atoms with E-state index < -0.39 is 0 Å². The van der Waals surface area contributed by atoms with Crippen LogP contribution in [0.3, 0.4) is 0 Å². The Morgan fingerprint density at radius 2 is 1.64 bits per heavy atom. The summed E-state index contributed by atoms with van der Waals surface area (Å²) in [4.78, 5) is 8.66. The van der Waals surface area contributed by atoms with Crippen molar-refractivity contribution >= 4 is 39.7 Å². The second-order valence-corrected chi connectivity index (χ2v) is 5.40. The van der Waals surface area contributed by atoms with Crippen molar-refractivity contribution in [3.63, 3.8) is 0 Å². The standard InChI is InChI=1S/C20H20N2/c1-4-15-8-7-11-17-16-9-5-6-10-18(16)20(14(2)19(15)17)22-13-12-21-3/h5-13H,4H2,1-3H3. The highest BCUT2D eigenvalue weighted by Crippen LogP contribution is 2.39. The van der Waals surface area contributed by atoms with Crippen molar-refractivity contribution in [2.45, 2.75) is 20.3 Å². The monoisotopic (exact) mass is 288 g/mol. The molecule has 0 bridgehead atoms. The van der Waals surface area contributed by atoms with Gasteiger partial charge >= 0.3 is 0 Å². The molecule has 0 saturated carbocycles. The fourth-order valence-electron chi connectivity index (χ4n) is 3.15. The Kier molecular flexibility index (Phi) is 4.01. The van der Waals surface area contributed by atoms with E-state index in [0.29, 0.717) is 0 Å². The number of nitrogens with zero attached hydrogens (tertiary/aromatic N) is 2. The summed E-state index contributed by atoms with van der Waals surface area (Å²) in [5.41, 5.74) is 3.66. The second-order valence-electron chi connectivity index (χ2n) is 5.40. The van der Waals surface area contributed by atoms with Gasteiger partial charge in [-0.05, 0) is 40.6 Å². The Morgan fingerprint density at radius 3 is 2.36 bits per heavy atom. The Labute approximate surface area is 131 Å². The summed E-state index contributed by atoms with van der Waals surface area (Å²) < 4.78 is 0. The molecule has 0 N–H and O–H groups in total. The number of rotatable bonds is 3. The van der Waals surface area contributed by atoms with Gasteiger partial charge in [0, 0.05) is 24.9 Å². The lowest BCUT2D eigenvalue weighted by atomic mass is 9.92. The fourth-order valence-corrected chi connectivity index (χ4v) is 3.15. The van der Waals surface area contributed by atoms with Crippen LogP contribution in [-0.2, 0) is 6.42 Å². The van der Waals surface area contributed by atoms with Gasteiger partial charge in [0.25, 0.3) is 0 Å². The Bertz CT molecular complexity index is 889. The van der Waals surface area contributed by atoms with Crippen LogP contribution in [0, 0.1) is 6.92 Å². The normalized spacial score (nSPS) is 12.1. The molecule has 0 amide bonds. The maximum absolute atomic E-state index is 4.67. The second kappa shape index (κ2) is 6.10. The fraction of sp³-hybridized carbons (Fsp3) is 0.200. The molecule has 3 aromatic carbocycles. The van der Waals surface area contributed by atoms with Gasteiger partial charge in [-0.25, -0.2) is 0 Å². The van der Waals surface area contributed by atoms with Crippen molar-refractivity contribution in [2.24, 2.45) is 9.98 Å². The molecule has 3 rings (SSSR count). The molecule has 22 heavy (non-hydrogen) atoms. The lowest BCUT2D eigenvalue weighted by Crippen LogP contribution is -1.90. The van der Waals surface area contributed by atoms with Gasteiger partial charge in [0.05, 0.1) is 5.69 Å². The molecule has 0 spiro atoms. The van der Waals surface area contributed by atoms with Crippen LogP contribution in [0.15, 0.2) is 52.4 Å². The van der Waals surface area contributed by atoms with Crippen LogP contribution >= 0.6 is 0 Å². The summed E-state index contributed by atoms with van der Waals surface area (Å²) in [5.74, 6) is 0. The molecule has 0 heterocycles. The molecule has 0 aromatic heterocycles. The van der Waals surface area contributed by atoms with Crippen molar-refractivity contribution in [1.29, 1.82) is 0 Å². The van der Waals surface area contributed by atoms with Crippen LogP contribution in [-0.4, -0.2) is 19.5 Å². The van der Waals surface area contributed by atoms with E-state index in [2.05, 4.69) is 66.3 Å². The van der Waals surface area contributed by atoms with Gasteiger partial charge in [-0.1, -0.05) is 49.4 Å². The van der Waals surface area contributed by atoms with Gasteiger partial charge in [0.15, 0.2) is 0 Å². The topological polar surface area (TPSA) is 24.7 Å². The third-order valence-electron chi connectivity index (χ3n) is 4.15. The summed E-state index contributed by atoms with van der Waals surface area (Å²) in [6.07, 6.45) is 4.52. The summed E-state index contributed by atoms with van der Waals surface area (Å²) >= 11 is 0. The average Bonchev–Trinajstić information content (AvgIpc) is 2.57. The van der Waals surface area contributed by atoms with E-state index in [1.165, 1.54) is 32.7 Å². The molecule has 2 nitrogen and oxygen atoms in total. The van der Waals surface area contributed by atoms with Crippen molar-refractivity contribution < 1.29 is 0 Å². The van der Waals surface area contributed by atoms with Crippen molar-refractivity contribution in [2.75, 3.05) is 7.05 Å². The molecule has 0 saturated heterocycles. The molecule has 2 heteroatoms. The summed E-state index contributed by atoms with van der Waals surface area (Å²) in [7, 11) is 1.76. The highest BCUT2D eigenvalue weighted by molar-refractivity contribution is 6.20. The summed E-state index contributed by atoms with van der Waals surface area (Å²) in [6.45, 7) is 4.37. The SMILES string of the molecule is CCc1cccc2c1c(C)c(N=CC=NC)c1ccccc12. The van der Waals surface area contributed by atoms with E-state index in [9.17, 15) is 0 Å². The number of benzene rings is 3. The first kappa shape index (κ1) is 14.5. The number of aliphatic imine (C=N–C) groups is 2. The Balaban J connectivity index is 2.48. The minimum atomic E-state index is 1.02. The summed E-state index contributed by atoms with van der Waals surface area (Å²) in [5, 5.41) is 5.11. The van der Waals surface area contributed by atoms with Crippen LogP contribution in [0.25, 0.3) is 21.5 Å². The van der Waals surface area contributed by atoms with Gasteiger partial charge in [0.1, 0.15) is 0 Å². The van der Waals surface area contributed by atoms with E-state index in [-0.39, 0.29) is 0 Å². The zero-order chi connectivity index (χ0) is 15.5. The molecular weight excluding hydrogens is 268 g/mol. The third kappa shape index (κ3) is 2.31. The number of aryl methyl sites for hydroxylation is 2. The molecule has 0 aliphatic carbocycles. The smallest absolute Gasteiger partial charge is 0.0744 e. The third-order valence-corrected chi connectivity index (χ3v) is 4.15. The van der Waals surface area contributed by atoms with E-state index in [0.717, 1.165) is 12.1 Å². The molecule has 110 valence electrons. The van der Waals surface area contributed by atoms with Gasteiger partial charge in [-0.15, -0.1) is 0 Å². The van der Waals surface area contributed by atoms with Gasteiger partial charge in [-0.3, -0.25) is 9.98 Å². The van der Waals surface area contributed by atoms with E-state index >= 15 is 0 Å². The van der Waals surface area contributed by atoms with Crippen molar-refractivity contribution in [3.05, 3.63) is 53.6 Å². The van der Waals surface area contributed by atoms with Gasteiger partial charge in [-0.2, -0.15) is 0 Å². The zero-order valence-corrected chi connectivity index (χ0v) is 13.3. The van der Waals surface area contributed by atoms with Crippen LogP contribution in [0.1, 0.15) is 18.1 Å². The molecule has 0 aliphatic heterocycles. The van der Waals surface area contributed by atoms with Crippen molar-refractivity contribution in [3.8, 4) is 0 Å². The van der Waals surface area contributed by atoms with Crippen LogP contribution in [0.2, 0.25) is 0 Å². The maximum atomic E-state index is 4.67. The number of fused-ring (bicyclic) bond motifs is 3. The predicted octanol–water partition coefficient (Wildman–Crippen LogP) is 5.27. The Morgan fingerprint density at radius 1 is 0.909 bits per heavy atom. The highest BCUT2D eigenvalue weighted by Gasteiger charge is 2.12. The molecule has 0 atom stereocenters. The Hall–Kier alpha value is -2.48. The van der Waals surface area contributed by atoms with Crippen molar-refractivity contribution in [1.82, 2.24) is 0 Å². The van der Waals surface area contributed by atoms with Crippen LogP contribution in [0.5, 0.6) is 0 Å².